The first-order chi connectivity index (χ1) is 12.2. The van der Waals surface area contributed by atoms with Crippen molar-refractivity contribution in [3.8, 4) is 0 Å². The van der Waals surface area contributed by atoms with E-state index in [-0.39, 0.29) is 18.1 Å². The van der Waals surface area contributed by atoms with Gasteiger partial charge in [0.2, 0.25) is 5.91 Å². The summed E-state index contributed by atoms with van der Waals surface area (Å²) < 4.78 is 3.06. The van der Waals surface area contributed by atoms with Crippen molar-refractivity contribution in [2.24, 2.45) is 0 Å². The Morgan fingerprint density at radius 3 is 2.88 bits per heavy atom. The van der Waals surface area contributed by atoms with E-state index in [1.54, 1.807) is 4.57 Å². The molecule has 1 saturated heterocycles. The van der Waals surface area contributed by atoms with Crippen molar-refractivity contribution in [3.63, 3.8) is 0 Å². The second-order valence-corrected chi connectivity index (χ2v) is 7.26. The molecule has 0 aliphatic carbocycles. The smallest absolute Gasteiger partial charge is 0.346 e. The summed E-state index contributed by atoms with van der Waals surface area (Å²) in [5, 5.41) is 7.32. The molecule has 0 spiro atoms. The molecular formula is C18H31N5O2. The van der Waals surface area contributed by atoms with Gasteiger partial charge in [-0.3, -0.25) is 14.3 Å². The minimum Gasteiger partial charge on any atom is -0.353 e. The monoisotopic (exact) mass is 349 g/mol. The van der Waals surface area contributed by atoms with Crippen LogP contribution < -0.4 is 11.0 Å². The third kappa shape index (κ3) is 4.51. The Hall–Kier alpha value is -1.63. The minimum absolute atomic E-state index is 0.0238. The lowest BCUT2D eigenvalue weighted by Gasteiger charge is -2.35. The Morgan fingerprint density at radius 2 is 2.04 bits per heavy atom. The third-order valence-corrected chi connectivity index (χ3v) is 5.52. The maximum absolute atomic E-state index is 12.4. The molecule has 0 aromatic carbocycles. The van der Waals surface area contributed by atoms with Crippen molar-refractivity contribution < 1.29 is 4.79 Å². The van der Waals surface area contributed by atoms with Crippen LogP contribution in [0.5, 0.6) is 0 Å². The van der Waals surface area contributed by atoms with E-state index < -0.39 is 0 Å². The first-order valence-electron chi connectivity index (χ1n) is 9.86. The van der Waals surface area contributed by atoms with Crippen LogP contribution in [-0.4, -0.2) is 50.8 Å². The highest BCUT2D eigenvalue weighted by molar-refractivity contribution is 5.75. The molecule has 1 unspecified atom stereocenters. The third-order valence-electron chi connectivity index (χ3n) is 5.52. The van der Waals surface area contributed by atoms with Crippen LogP contribution in [-0.2, 0) is 24.3 Å². The number of amides is 1. The van der Waals surface area contributed by atoms with Crippen LogP contribution in [0.4, 0.5) is 0 Å². The second-order valence-electron chi connectivity index (χ2n) is 7.26. The lowest BCUT2D eigenvalue weighted by atomic mass is 10.0. The van der Waals surface area contributed by atoms with Crippen LogP contribution in [0.25, 0.3) is 0 Å². The molecule has 0 bridgehead atoms. The first-order valence-corrected chi connectivity index (χ1v) is 9.86. The van der Waals surface area contributed by atoms with Crippen molar-refractivity contribution in [1.82, 2.24) is 24.6 Å². The molecule has 3 rings (SSSR count). The SMILES string of the molecule is CCC1CCCCN1CCNC(=O)Cn1nc2n(c1=O)CCCCC2. The molecule has 1 N–H and O–H groups in total. The van der Waals surface area contributed by atoms with E-state index in [0.29, 0.717) is 12.6 Å². The molecule has 0 saturated carbocycles. The lowest BCUT2D eigenvalue weighted by molar-refractivity contribution is -0.122. The summed E-state index contributed by atoms with van der Waals surface area (Å²) in [6, 6.07) is 0.650. The molecule has 1 fully saturated rings. The van der Waals surface area contributed by atoms with Crippen molar-refractivity contribution in [2.45, 2.75) is 77.4 Å². The number of nitrogens with zero attached hydrogens (tertiary/aromatic N) is 4. The highest BCUT2D eigenvalue weighted by Gasteiger charge is 2.21. The van der Waals surface area contributed by atoms with Gasteiger partial charge in [-0.1, -0.05) is 19.8 Å². The zero-order valence-electron chi connectivity index (χ0n) is 15.4. The minimum atomic E-state index is -0.144. The van der Waals surface area contributed by atoms with E-state index >= 15 is 0 Å². The van der Waals surface area contributed by atoms with Crippen molar-refractivity contribution in [2.75, 3.05) is 19.6 Å². The summed E-state index contributed by atoms with van der Waals surface area (Å²) in [5.74, 6) is 0.704. The average molecular weight is 349 g/mol. The molecule has 7 nitrogen and oxygen atoms in total. The maximum atomic E-state index is 12.4. The van der Waals surface area contributed by atoms with Crippen LogP contribution in [0.1, 0.15) is 57.7 Å². The quantitative estimate of drug-likeness (QED) is 0.836. The number of aryl methyl sites for hydroxylation is 1. The van der Waals surface area contributed by atoms with E-state index in [2.05, 4.69) is 22.2 Å². The van der Waals surface area contributed by atoms with Gasteiger partial charge in [-0.15, -0.1) is 0 Å². The summed E-state index contributed by atoms with van der Waals surface area (Å²) >= 11 is 0. The number of rotatable bonds is 6. The average Bonchev–Trinajstić information content (AvgIpc) is 2.79. The lowest BCUT2D eigenvalue weighted by Crippen LogP contribution is -2.44. The summed E-state index contributed by atoms with van der Waals surface area (Å²) in [6.45, 7) is 5.63. The molecule has 0 radical (unpaired) electrons. The van der Waals surface area contributed by atoms with Gasteiger partial charge in [0, 0.05) is 32.1 Å². The topological polar surface area (TPSA) is 72.2 Å². The highest BCUT2D eigenvalue weighted by Crippen LogP contribution is 2.18. The van der Waals surface area contributed by atoms with Crippen LogP contribution in [0.3, 0.4) is 0 Å². The fourth-order valence-electron chi connectivity index (χ4n) is 4.08. The van der Waals surface area contributed by atoms with Crippen LogP contribution in [0.15, 0.2) is 4.79 Å². The van der Waals surface area contributed by atoms with Gasteiger partial charge in [-0.2, -0.15) is 5.10 Å². The maximum Gasteiger partial charge on any atom is 0.346 e. The molecule has 1 atom stereocenters. The standard InChI is InChI=1S/C18H31N5O2/c1-2-15-8-5-7-11-21(15)13-10-19-17(24)14-23-18(25)22-12-6-3-4-9-16(22)20-23/h15H,2-14H2,1H3,(H,19,24). The van der Waals surface area contributed by atoms with E-state index in [1.165, 1.54) is 30.4 Å². The van der Waals surface area contributed by atoms with Gasteiger partial charge in [-0.05, 0) is 38.6 Å². The number of fused-ring (bicyclic) bond motifs is 1. The fourth-order valence-corrected chi connectivity index (χ4v) is 4.08. The van der Waals surface area contributed by atoms with E-state index in [0.717, 1.165) is 51.1 Å². The number of carbonyl (C=O) groups is 1. The summed E-state index contributed by atoms with van der Waals surface area (Å²) in [4.78, 5) is 27.1. The number of piperidine rings is 1. The molecule has 1 amide bonds. The fraction of sp³-hybridized carbons (Fsp3) is 0.833. The predicted octanol–water partition coefficient (Wildman–Crippen LogP) is 1.15. The van der Waals surface area contributed by atoms with Crippen molar-refractivity contribution >= 4 is 5.91 Å². The largest absolute Gasteiger partial charge is 0.353 e. The van der Waals surface area contributed by atoms with Gasteiger partial charge in [-0.25, -0.2) is 9.48 Å². The normalized spacial score (nSPS) is 21.6. The Labute approximate surface area is 149 Å². The van der Waals surface area contributed by atoms with Crippen LogP contribution in [0.2, 0.25) is 0 Å². The molecule has 3 heterocycles. The molecule has 2 aliphatic rings. The van der Waals surface area contributed by atoms with Crippen molar-refractivity contribution in [3.05, 3.63) is 16.3 Å². The Bertz CT molecular complexity index is 636. The number of nitrogens with one attached hydrogen (secondary N) is 1. The summed E-state index contributed by atoms with van der Waals surface area (Å²) in [5.41, 5.74) is -0.144. The number of carbonyl (C=O) groups excluding carboxylic acids is 1. The number of aromatic nitrogens is 3. The molecule has 2 aliphatic heterocycles. The summed E-state index contributed by atoms with van der Waals surface area (Å²) in [7, 11) is 0. The molecule has 7 heteroatoms. The second kappa shape index (κ2) is 8.65. The molecular weight excluding hydrogens is 318 g/mol. The van der Waals surface area contributed by atoms with Gasteiger partial charge in [0.15, 0.2) is 0 Å². The van der Waals surface area contributed by atoms with Gasteiger partial charge >= 0.3 is 5.69 Å². The van der Waals surface area contributed by atoms with E-state index in [1.807, 2.05) is 0 Å². The number of likely N-dealkylation sites (tertiary alicyclic amines) is 1. The Morgan fingerprint density at radius 1 is 1.20 bits per heavy atom. The van der Waals surface area contributed by atoms with Gasteiger partial charge in [0.05, 0.1) is 0 Å². The number of hydrogen-bond donors (Lipinski definition) is 1. The highest BCUT2D eigenvalue weighted by atomic mass is 16.2. The van der Waals surface area contributed by atoms with E-state index in [4.69, 9.17) is 0 Å². The van der Waals surface area contributed by atoms with Crippen molar-refractivity contribution in [1.29, 1.82) is 0 Å². The molecule has 25 heavy (non-hydrogen) atoms. The van der Waals surface area contributed by atoms with Gasteiger partial charge < -0.3 is 5.32 Å². The van der Waals surface area contributed by atoms with Gasteiger partial charge in [0.25, 0.3) is 0 Å². The zero-order chi connectivity index (χ0) is 17.6. The predicted molar refractivity (Wildman–Crippen MR) is 96.6 cm³/mol. The first kappa shape index (κ1) is 18.2. The Kier molecular flexibility index (Phi) is 6.29. The molecule has 140 valence electrons. The Balaban J connectivity index is 1.49. The van der Waals surface area contributed by atoms with E-state index in [9.17, 15) is 9.59 Å². The molecule has 1 aromatic heterocycles. The van der Waals surface area contributed by atoms with Crippen LogP contribution >= 0.6 is 0 Å². The molecule has 1 aromatic rings. The van der Waals surface area contributed by atoms with Crippen LogP contribution in [0, 0.1) is 0 Å². The number of hydrogen-bond acceptors (Lipinski definition) is 4. The zero-order valence-corrected chi connectivity index (χ0v) is 15.4. The summed E-state index contributed by atoms with van der Waals surface area (Å²) in [6.07, 6.45) is 9.05. The van der Waals surface area contributed by atoms with Gasteiger partial charge in [0.1, 0.15) is 12.4 Å².